The highest BCUT2D eigenvalue weighted by Crippen LogP contribution is 2.34. The highest BCUT2D eigenvalue weighted by molar-refractivity contribution is 6.16. The Balaban J connectivity index is 1.74. The molecule has 0 saturated carbocycles. The van der Waals surface area contributed by atoms with Gasteiger partial charge in [-0.25, -0.2) is 9.97 Å². The van der Waals surface area contributed by atoms with Gasteiger partial charge in [0, 0.05) is 37.9 Å². The minimum atomic E-state index is 0.0337. The molecular weight excluding hydrogens is 378 g/mol. The first-order chi connectivity index (χ1) is 14.7. The monoisotopic (exact) mass is 401 g/mol. The van der Waals surface area contributed by atoms with Crippen molar-refractivity contribution in [2.75, 3.05) is 40.3 Å². The number of fused-ring (bicyclic) bond motifs is 3. The van der Waals surface area contributed by atoms with E-state index in [1.165, 1.54) is 0 Å². The molecule has 30 heavy (non-hydrogen) atoms. The van der Waals surface area contributed by atoms with Crippen LogP contribution in [0.3, 0.4) is 0 Å². The molecule has 152 valence electrons. The second-order valence-electron chi connectivity index (χ2n) is 7.58. The summed E-state index contributed by atoms with van der Waals surface area (Å²) < 4.78 is 7.27. The van der Waals surface area contributed by atoms with Crippen LogP contribution >= 0.6 is 0 Å². The Kier molecular flexibility index (Phi) is 4.59. The van der Waals surface area contributed by atoms with Gasteiger partial charge in [-0.15, -0.1) is 0 Å². The number of methoxy groups -OCH3 is 1. The molecule has 1 aliphatic heterocycles. The van der Waals surface area contributed by atoms with Crippen molar-refractivity contribution in [3.63, 3.8) is 0 Å². The number of rotatable bonds is 3. The van der Waals surface area contributed by atoms with Crippen molar-refractivity contribution in [1.82, 2.24) is 24.2 Å². The highest BCUT2D eigenvalue weighted by Gasteiger charge is 2.28. The Hall–Kier alpha value is -3.45. The first kappa shape index (κ1) is 18.6. The van der Waals surface area contributed by atoms with E-state index in [0.29, 0.717) is 18.7 Å². The van der Waals surface area contributed by atoms with E-state index in [2.05, 4.69) is 21.9 Å². The van der Waals surface area contributed by atoms with Gasteiger partial charge < -0.3 is 18.9 Å². The molecule has 0 atom stereocenters. The van der Waals surface area contributed by atoms with E-state index in [-0.39, 0.29) is 5.91 Å². The van der Waals surface area contributed by atoms with Gasteiger partial charge in [0.1, 0.15) is 17.7 Å². The highest BCUT2D eigenvalue weighted by atomic mass is 16.5. The van der Waals surface area contributed by atoms with Gasteiger partial charge in [0.2, 0.25) is 0 Å². The van der Waals surface area contributed by atoms with Crippen molar-refractivity contribution >= 4 is 22.5 Å². The quantitative estimate of drug-likeness (QED) is 0.528. The van der Waals surface area contributed by atoms with Crippen LogP contribution in [-0.2, 0) is 0 Å². The fourth-order valence-electron chi connectivity index (χ4n) is 4.10. The molecule has 1 amide bonds. The van der Waals surface area contributed by atoms with Crippen LogP contribution in [0.25, 0.3) is 27.8 Å². The summed E-state index contributed by atoms with van der Waals surface area (Å²) in [6, 6.07) is 13.6. The van der Waals surface area contributed by atoms with Gasteiger partial charge in [0.05, 0.1) is 29.3 Å². The van der Waals surface area contributed by atoms with E-state index < -0.39 is 0 Å². The number of hydrogen-bond donors (Lipinski definition) is 0. The largest absolute Gasteiger partial charge is 0.497 e. The zero-order valence-electron chi connectivity index (χ0n) is 17.1. The Morgan fingerprint density at radius 2 is 1.77 bits per heavy atom. The third-order valence-corrected chi connectivity index (χ3v) is 5.79. The third-order valence-electron chi connectivity index (χ3n) is 5.79. The van der Waals surface area contributed by atoms with Crippen LogP contribution in [-0.4, -0.2) is 70.4 Å². The number of pyridine rings is 1. The summed E-state index contributed by atoms with van der Waals surface area (Å²) in [6.45, 7) is 3.17. The number of amides is 1. The number of carbonyl (C=O) groups excluding carboxylic acids is 1. The zero-order chi connectivity index (χ0) is 20.7. The maximum Gasteiger partial charge on any atom is 0.256 e. The lowest BCUT2D eigenvalue weighted by atomic mass is 10.0. The van der Waals surface area contributed by atoms with Gasteiger partial charge in [-0.2, -0.15) is 0 Å². The Labute approximate surface area is 174 Å². The number of carbonyl (C=O) groups is 1. The van der Waals surface area contributed by atoms with Crippen LogP contribution in [0.1, 0.15) is 10.4 Å². The molecule has 0 radical (unpaired) electrons. The number of benzene rings is 1. The SMILES string of the molecule is COc1ccc(-c2ncnc3c2c(C(=O)N2CCN(C)CC2)c2ccccn23)cc1. The van der Waals surface area contributed by atoms with E-state index in [1.807, 2.05) is 58.0 Å². The molecule has 4 aromatic rings. The van der Waals surface area contributed by atoms with Crippen molar-refractivity contribution in [2.24, 2.45) is 0 Å². The normalized spacial score (nSPS) is 15.1. The number of hydrogen-bond acceptors (Lipinski definition) is 5. The summed E-state index contributed by atoms with van der Waals surface area (Å²) in [5, 5.41) is 0.790. The predicted molar refractivity (Wildman–Crippen MR) is 116 cm³/mol. The molecule has 0 N–H and O–H groups in total. The lowest BCUT2D eigenvalue weighted by Gasteiger charge is -2.32. The van der Waals surface area contributed by atoms with Crippen molar-refractivity contribution in [3.05, 3.63) is 60.6 Å². The Morgan fingerprint density at radius 1 is 1.00 bits per heavy atom. The molecule has 1 saturated heterocycles. The summed E-state index contributed by atoms with van der Waals surface area (Å²) in [7, 11) is 3.73. The van der Waals surface area contributed by atoms with Crippen LogP contribution in [0.15, 0.2) is 55.0 Å². The molecule has 7 heteroatoms. The average Bonchev–Trinajstić information content (AvgIpc) is 3.14. The molecular formula is C23H23N5O2. The zero-order valence-corrected chi connectivity index (χ0v) is 17.1. The molecule has 7 nitrogen and oxygen atoms in total. The first-order valence-electron chi connectivity index (χ1n) is 10.0. The van der Waals surface area contributed by atoms with Gasteiger partial charge in [-0.3, -0.25) is 4.79 Å². The standard InChI is InChI=1S/C23H23N5O2/c1-26-11-13-27(14-12-26)23(29)19-18-5-3-4-10-28(18)22-20(19)21(24-15-25-22)16-6-8-17(30-2)9-7-16/h3-10,15H,11-14H2,1-2H3. The minimum absolute atomic E-state index is 0.0337. The van der Waals surface area contributed by atoms with Crippen molar-refractivity contribution in [3.8, 4) is 17.0 Å². The van der Waals surface area contributed by atoms with E-state index in [1.54, 1.807) is 13.4 Å². The number of piperazine rings is 1. The molecule has 1 aliphatic rings. The number of nitrogens with zero attached hydrogens (tertiary/aromatic N) is 5. The number of likely N-dealkylation sites (N-methyl/N-ethyl adjacent to an activating group) is 1. The van der Waals surface area contributed by atoms with Crippen molar-refractivity contribution in [1.29, 1.82) is 0 Å². The number of aromatic nitrogens is 3. The molecule has 0 spiro atoms. The fraction of sp³-hybridized carbons (Fsp3) is 0.261. The summed E-state index contributed by atoms with van der Waals surface area (Å²) in [5.41, 5.74) is 3.94. The van der Waals surface area contributed by atoms with Crippen LogP contribution in [0.2, 0.25) is 0 Å². The topological polar surface area (TPSA) is 63.0 Å². The van der Waals surface area contributed by atoms with Crippen LogP contribution < -0.4 is 4.74 Å². The summed E-state index contributed by atoms with van der Waals surface area (Å²) in [6.07, 6.45) is 3.51. The van der Waals surface area contributed by atoms with Gasteiger partial charge in [-0.1, -0.05) is 6.07 Å². The lowest BCUT2D eigenvalue weighted by Crippen LogP contribution is -2.47. The Morgan fingerprint density at radius 3 is 2.50 bits per heavy atom. The van der Waals surface area contributed by atoms with E-state index in [0.717, 1.165) is 46.6 Å². The molecule has 0 bridgehead atoms. The van der Waals surface area contributed by atoms with Gasteiger partial charge in [0.25, 0.3) is 5.91 Å². The summed E-state index contributed by atoms with van der Waals surface area (Å²) in [4.78, 5) is 27.0. The first-order valence-corrected chi connectivity index (χ1v) is 10.0. The molecule has 1 fully saturated rings. The Bertz CT molecular complexity index is 1220. The number of ether oxygens (including phenoxy) is 1. The molecule has 1 aromatic carbocycles. The van der Waals surface area contributed by atoms with Crippen LogP contribution in [0, 0.1) is 0 Å². The average molecular weight is 401 g/mol. The smallest absolute Gasteiger partial charge is 0.256 e. The van der Waals surface area contributed by atoms with Gasteiger partial charge in [-0.05, 0) is 43.4 Å². The predicted octanol–water partition coefficient (Wildman–Crippen LogP) is 2.95. The van der Waals surface area contributed by atoms with E-state index in [4.69, 9.17) is 4.74 Å². The molecule has 5 rings (SSSR count). The molecule has 3 aromatic heterocycles. The lowest BCUT2D eigenvalue weighted by molar-refractivity contribution is 0.0668. The maximum absolute atomic E-state index is 13.7. The minimum Gasteiger partial charge on any atom is -0.497 e. The van der Waals surface area contributed by atoms with Crippen molar-refractivity contribution in [2.45, 2.75) is 0 Å². The summed E-state index contributed by atoms with van der Waals surface area (Å²) in [5.74, 6) is 0.811. The van der Waals surface area contributed by atoms with E-state index in [9.17, 15) is 4.79 Å². The fourth-order valence-corrected chi connectivity index (χ4v) is 4.10. The van der Waals surface area contributed by atoms with E-state index >= 15 is 0 Å². The van der Waals surface area contributed by atoms with Crippen molar-refractivity contribution < 1.29 is 9.53 Å². The second-order valence-corrected chi connectivity index (χ2v) is 7.58. The van der Waals surface area contributed by atoms with Gasteiger partial charge in [0.15, 0.2) is 0 Å². The maximum atomic E-state index is 13.7. The summed E-state index contributed by atoms with van der Waals surface area (Å²) >= 11 is 0. The van der Waals surface area contributed by atoms with Gasteiger partial charge >= 0.3 is 0 Å². The molecule has 0 unspecified atom stereocenters. The third kappa shape index (κ3) is 2.98. The molecule has 4 heterocycles. The second kappa shape index (κ2) is 7.42. The molecule has 0 aliphatic carbocycles. The van der Waals surface area contributed by atoms with Crippen LogP contribution in [0.5, 0.6) is 5.75 Å². The van der Waals surface area contributed by atoms with Crippen LogP contribution in [0.4, 0.5) is 0 Å².